The number of hydrogen-bond donors (Lipinski definition) is 1. The van der Waals surface area contributed by atoms with Crippen LogP contribution in [-0.2, 0) is 4.79 Å². The van der Waals surface area contributed by atoms with Crippen LogP contribution in [0.5, 0.6) is 0 Å². The number of amides is 1. The van der Waals surface area contributed by atoms with E-state index in [-0.39, 0.29) is 5.91 Å². The third kappa shape index (κ3) is 5.02. The summed E-state index contributed by atoms with van der Waals surface area (Å²) in [5.74, 6) is -0.652. The van der Waals surface area contributed by atoms with Gasteiger partial charge in [0.2, 0.25) is 5.91 Å². The Morgan fingerprint density at radius 1 is 1.77 bits per heavy atom. The molecule has 0 saturated carbocycles. The van der Waals surface area contributed by atoms with Crippen molar-refractivity contribution in [2.75, 3.05) is 6.54 Å². The van der Waals surface area contributed by atoms with Crippen LogP contribution in [0.15, 0.2) is 12.7 Å². The van der Waals surface area contributed by atoms with Gasteiger partial charge in [0, 0.05) is 6.54 Å². The van der Waals surface area contributed by atoms with Crippen LogP contribution in [0.4, 0.5) is 0 Å². The normalized spacial score (nSPS) is 11.4. The largest absolute Gasteiger partial charge is 0.355 e. The van der Waals surface area contributed by atoms with Gasteiger partial charge in [-0.2, -0.15) is 5.26 Å². The number of hydrogen-bond acceptors (Lipinski definition) is 2. The second-order valence-corrected chi connectivity index (χ2v) is 2.84. The van der Waals surface area contributed by atoms with Crippen molar-refractivity contribution < 1.29 is 4.79 Å². The molecule has 72 valence electrons. The Morgan fingerprint density at radius 2 is 2.46 bits per heavy atom. The number of nitriles is 1. The molecule has 0 rings (SSSR count). The van der Waals surface area contributed by atoms with Gasteiger partial charge in [-0.1, -0.05) is 19.4 Å². The van der Waals surface area contributed by atoms with Gasteiger partial charge in [0.15, 0.2) is 0 Å². The number of rotatable bonds is 6. The molecular formula is C10H16N2O. The molecule has 0 aliphatic rings. The average molecular weight is 180 g/mol. The van der Waals surface area contributed by atoms with Crippen LogP contribution in [0.2, 0.25) is 0 Å². The van der Waals surface area contributed by atoms with E-state index in [9.17, 15) is 4.79 Å². The molecule has 0 saturated heterocycles. The van der Waals surface area contributed by atoms with Gasteiger partial charge in [0.25, 0.3) is 0 Å². The summed E-state index contributed by atoms with van der Waals surface area (Å²) < 4.78 is 0. The van der Waals surface area contributed by atoms with Crippen LogP contribution in [0.1, 0.15) is 26.2 Å². The molecule has 0 heterocycles. The zero-order valence-corrected chi connectivity index (χ0v) is 8.05. The van der Waals surface area contributed by atoms with Crippen LogP contribution >= 0.6 is 0 Å². The Bertz CT molecular complexity index is 205. The number of carbonyl (C=O) groups is 1. The molecule has 0 radical (unpaired) electrons. The molecule has 3 heteroatoms. The number of carbonyl (C=O) groups excluding carboxylic acids is 1. The lowest BCUT2D eigenvalue weighted by molar-refractivity contribution is -0.123. The molecule has 0 bridgehead atoms. The fraction of sp³-hybridized carbons (Fsp3) is 0.600. The van der Waals surface area contributed by atoms with Crippen LogP contribution in [0.3, 0.4) is 0 Å². The van der Waals surface area contributed by atoms with E-state index >= 15 is 0 Å². The fourth-order valence-corrected chi connectivity index (χ4v) is 0.964. The highest BCUT2D eigenvalue weighted by Gasteiger charge is 2.15. The van der Waals surface area contributed by atoms with E-state index in [1.807, 2.05) is 13.0 Å². The summed E-state index contributed by atoms with van der Waals surface area (Å²) in [6.45, 7) is 6.08. The maximum atomic E-state index is 11.3. The minimum absolute atomic E-state index is 0.161. The van der Waals surface area contributed by atoms with Crippen LogP contribution < -0.4 is 5.32 Å². The average Bonchev–Trinajstić information content (AvgIpc) is 2.14. The van der Waals surface area contributed by atoms with Gasteiger partial charge in [0.05, 0.1) is 6.07 Å². The van der Waals surface area contributed by atoms with E-state index in [0.717, 1.165) is 12.8 Å². The topological polar surface area (TPSA) is 52.9 Å². The zero-order chi connectivity index (χ0) is 10.1. The van der Waals surface area contributed by atoms with E-state index in [1.54, 1.807) is 6.08 Å². The van der Waals surface area contributed by atoms with Crippen molar-refractivity contribution in [1.82, 2.24) is 5.32 Å². The molecule has 0 aromatic heterocycles. The molecule has 1 atom stereocenters. The molecular weight excluding hydrogens is 164 g/mol. The van der Waals surface area contributed by atoms with E-state index in [2.05, 4.69) is 11.9 Å². The lowest BCUT2D eigenvalue weighted by atomic mass is 10.1. The summed E-state index contributed by atoms with van der Waals surface area (Å²) in [7, 11) is 0. The van der Waals surface area contributed by atoms with Gasteiger partial charge in [0.1, 0.15) is 5.92 Å². The Hall–Kier alpha value is -1.30. The highest BCUT2D eigenvalue weighted by Crippen LogP contribution is 2.04. The molecule has 0 spiro atoms. The Labute approximate surface area is 79.4 Å². The number of nitrogens with one attached hydrogen (secondary N) is 1. The van der Waals surface area contributed by atoms with Crippen molar-refractivity contribution in [2.24, 2.45) is 5.92 Å². The molecule has 1 amide bonds. The van der Waals surface area contributed by atoms with Gasteiger partial charge in [-0.3, -0.25) is 4.79 Å². The van der Waals surface area contributed by atoms with E-state index < -0.39 is 5.92 Å². The molecule has 0 fully saturated rings. The molecule has 3 nitrogen and oxygen atoms in total. The molecule has 0 aromatic rings. The Morgan fingerprint density at radius 3 is 2.92 bits per heavy atom. The first-order chi connectivity index (χ1) is 6.26. The van der Waals surface area contributed by atoms with Crippen LogP contribution in [0, 0.1) is 17.2 Å². The minimum Gasteiger partial charge on any atom is -0.355 e. The summed E-state index contributed by atoms with van der Waals surface area (Å²) in [5, 5.41) is 11.3. The monoisotopic (exact) mass is 180 g/mol. The number of nitrogens with zero attached hydrogens (tertiary/aromatic N) is 1. The highest BCUT2D eigenvalue weighted by molar-refractivity contribution is 5.80. The van der Waals surface area contributed by atoms with Crippen molar-refractivity contribution in [1.29, 1.82) is 5.26 Å². The lowest BCUT2D eigenvalue weighted by Gasteiger charge is -2.07. The summed E-state index contributed by atoms with van der Waals surface area (Å²) in [6, 6.07) is 1.99. The van der Waals surface area contributed by atoms with Crippen molar-refractivity contribution in [2.45, 2.75) is 26.2 Å². The van der Waals surface area contributed by atoms with Crippen LogP contribution in [-0.4, -0.2) is 12.5 Å². The van der Waals surface area contributed by atoms with E-state index in [1.165, 1.54) is 0 Å². The standard InChI is InChI=1S/C10H16N2O/c1-3-5-7-12-10(13)9(8-11)6-4-2/h3,9H,1,4-7H2,2H3,(H,12,13). The first-order valence-electron chi connectivity index (χ1n) is 4.54. The van der Waals surface area contributed by atoms with Crippen LogP contribution in [0.25, 0.3) is 0 Å². The molecule has 0 aliphatic carbocycles. The predicted molar refractivity (Wildman–Crippen MR) is 51.8 cm³/mol. The SMILES string of the molecule is C=CCCNC(=O)C(C#N)CCC. The predicted octanol–water partition coefficient (Wildman–Crippen LogP) is 1.62. The highest BCUT2D eigenvalue weighted by atomic mass is 16.1. The molecule has 0 aliphatic heterocycles. The van der Waals surface area contributed by atoms with Gasteiger partial charge in [-0.15, -0.1) is 6.58 Å². The second-order valence-electron chi connectivity index (χ2n) is 2.84. The van der Waals surface area contributed by atoms with Crippen molar-refractivity contribution >= 4 is 5.91 Å². The summed E-state index contributed by atoms with van der Waals surface area (Å²) in [4.78, 5) is 11.3. The summed E-state index contributed by atoms with van der Waals surface area (Å²) in [6.07, 6.45) is 3.97. The van der Waals surface area contributed by atoms with Gasteiger partial charge in [-0.25, -0.2) is 0 Å². The maximum absolute atomic E-state index is 11.3. The first kappa shape index (κ1) is 11.7. The molecule has 1 N–H and O–H groups in total. The molecule has 1 unspecified atom stereocenters. The van der Waals surface area contributed by atoms with Crippen molar-refractivity contribution in [3.05, 3.63) is 12.7 Å². The lowest BCUT2D eigenvalue weighted by Crippen LogP contribution is -2.30. The summed E-state index contributed by atoms with van der Waals surface area (Å²) >= 11 is 0. The fourth-order valence-electron chi connectivity index (χ4n) is 0.964. The molecule has 13 heavy (non-hydrogen) atoms. The second kappa shape index (κ2) is 7.35. The van der Waals surface area contributed by atoms with Gasteiger partial charge in [-0.05, 0) is 12.8 Å². The molecule has 0 aromatic carbocycles. The smallest absolute Gasteiger partial charge is 0.237 e. The minimum atomic E-state index is -0.491. The zero-order valence-electron chi connectivity index (χ0n) is 8.05. The third-order valence-corrected chi connectivity index (χ3v) is 1.70. The third-order valence-electron chi connectivity index (χ3n) is 1.70. The first-order valence-corrected chi connectivity index (χ1v) is 4.54. The summed E-state index contributed by atoms with van der Waals surface area (Å²) in [5.41, 5.74) is 0. The van der Waals surface area contributed by atoms with Gasteiger partial charge >= 0.3 is 0 Å². The van der Waals surface area contributed by atoms with Crippen molar-refractivity contribution in [3.63, 3.8) is 0 Å². The van der Waals surface area contributed by atoms with E-state index in [0.29, 0.717) is 13.0 Å². The van der Waals surface area contributed by atoms with Gasteiger partial charge < -0.3 is 5.32 Å². The van der Waals surface area contributed by atoms with E-state index in [4.69, 9.17) is 5.26 Å². The van der Waals surface area contributed by atoms with Crippen molar-refractivity contribution in [3.8, 4) is 6.07 Å². The Balaban J connectivity index is 3.79. The quantitative estimate of drug-likeness (QED) is 0.499. The maximum Gasteiger partial charge on any atom is 0.237 e. The Kier molecular flexibility index (Phi) is 6.62.